The van der Waals surface area contributed by atoms with E-state index in [-0.39, 0.29) is 23.6 Å². The Bertz CT molecular complexity index is 909. The van der Waals surface area contributed by atoms with Gasteiger partial charge in [0, 0.05) is 36.3 Å². The molecule has 2 fully saturated rings. The lowest BCUT2D eigenvalue weighted by atomic mass is 10.1. The molecular weight excluding hydrogens is 514 g/mol. The third-order valence-electron chi connectivity index (χ3n) is 6.45. The zero-order valence-corrected chi connectivity index (χ0v) is 21.0. The van der Waals surface area contributed by atoms with E-state index in [0.717, 1.165) is 51.9 Å². The van der Waals surface area contributed by atoms with Crippen LogP contribution in [-0.4, -0.2) is 60.8 Å². The van der Waals surface area contributed by atoms with Crippen molar-refractivity contribution in [1.29, 1.82) is 0 Å². The van der Waals surface area contributed by atoms with Crippen LogP contribution in [0.5, 0.6) is 11.5 Å². The molecule has 4 N–H and O–H groups in total. The number of nitrogens with two attached hydrogens (primary N) is 2. The van der Waals surface area contributed by atoms with Gasteiger partial charge in [-0.3, -0.25) is 9.80 Å². The van der Waals surface area contributed by atoms with Crippen LogP contribution in [0.2, 0.25) is 0 Å². The van der Waals surface area contributed by atoms with Crippen molar-refractivity contribution < 1.29 is 35.8 Å². The van der Waals surface area contributed by atoms with Crippen molar-refractivity contribution >= 4 is 0 Å². The number of halogens is 6. The van der Waals surface area contributed by atoms with Gasteiger partial charge in [0.05, 0.1) is 0 Å². The van der Waals surface area contributed by atoms with Crippen molar-refractivity contribution in [2.24, 2.45) is 11.5 Å². The average Bonchev–Trinajstić information content (AvgIpc) is 2.83. The van der Waals surface area contributed by atoms with Gasteiger partial charge in [-0.2, -0.15) is 0 Å². The Morgan fingerprint density at radius 3 is 1.24 bits per heavy atom. The third kappa shape index (κ3) is 10.7. The molecule has 4 rings (SSSR count). The van der Waals surface area contributed by atoms with Gasteiger partial charge in [0.15, 0.2) is 0 Å². The van der Waals surface area contributed by atoms with Crippen LogP contribution < -0.4 is 20.9 Å². The number of rotatable bonds is 6. The molecule has 0 radical (unpaired) electrons. The smallest absolute Gasteiger partial charge is 0.405 e. The molecule has 2 heterocycles. The molecule has 0 spiro atoms. The van der Waals surface area contributed by atoms with Gasteiger partial charge in [0.2, 0.25) is 0 Å². The second-order valence-electron chi connectivity index (χ2n) is 9.54. The van der Waals surface area contributed by atoms with Crippen LogP contribution in [0.25, 0.3) is 0 Å². The summed E-state index contributed by atoms with van der Waals surface area (Å²) in [5.41, 5.74) is 12.7. The minimum atomic E-state index is -4.65. The number of likely N-dealkylation sites (tertiary alicyclic amines) is 2. The van der Waals surface area contributed by atoms with Crippen LogP contribution in [0.4, 0.5) is 26.3 Å². The molecule has 212 valence electrons. The molecule has 0 aromatic heterocycles. The molecule has 6 nitrogen and oxygen atoms in total. The quantitative estimate of drug-likeness (QED) is 0.494. The molecule has 0 saturated carbocycles. The van der Waals surface area contributed by atoms with E-state index in [4.69, 9.17) is 11.5 Å². The van der Waals surface area contributed by atoms with Gasteiger partial charge in [-0.05, 0) is 64.0 Å². The minimum absolute atomic E-state index is 0.120. The number of benzene rings is 2. The molecule has 2 aliphatic heterocycles. The summed E-state index contributed by atoms with van der Waals surface area (Å²) in [4.78, 5) is 4.20. The molecule has 0 aliphatic carbocycles. The van der Waals surface area contributed by atoms with Gasteiger partial charge in [-0.1, -0.05) is 36.4 Å². The molecular formula is C26H34F6N4O2. The summed E-state index contributed by atoms with van der Waals surface area (Å²) in [5.74, 6) is -0.241. The fourth-order valence-electron chi connectivity index (χ4n) is 4.42. The van der Waals surface area contributed by atoms with Gasteiger partial charge >= 0.3 is 12.7 Å². The van der Waals surface area contributed by atoms with Crippen LogP contribution in [0.3, 0.4) is 0 Å². The van der Waals surface area contributed by atoms with Crippen LogP contribution in [-0.2, 0) is 13.1 Å². The molecule has 2 aromatic carbocycles. The molecule has 2 aromatic rings. The summed E-state index contributed by atoms with van der Waals surface area (Å²) in [7, 11) is 0. The standard InChI is InChI=1S/2C13H17F3N2O/c2*14-13(15,16)19-12-4-2-1-3-10(12)9-18-7-5-11(17)6-8-18/h2*1-4,11H,5-9,17H2. The molecule has 2 aliphatic rings. The fraction of sp³-hybridized carbons (Fsp3) is 0.538. The first-order valence-corrected chi connectivity index (χ1v) is 12.5. The first-order chi connectivity index (χ1) is 17.9. The molecule has 0 bridgehead atoms. The van der Waals surface area contributed by atoms with Crippen molar-refractivity contribution in [2.45, 2.75) is 63.6 Å². The lowest BCUT2D eigenvalue weighted by Gasteiger charge is -2.30. The summed E-state index contributed by atoms with van der Waals surface area (Å²) < 4.78 is 81.9. The number of alkyl halides is 6. The molecule has 0 amide bonds. The van der Waals surface area contributed by atoms with E-state index in [1.807, 2.05) is 0 Å². The highest BCUT2D eigenvalue weighted by Crippen LogP contribution is 2.29. The molecule has 0 unspecified atom stereocenters. The molecule has 2 saturated heterocycles. The number of nitrogens with zero attached hydrogens (tertiary/aromatic N) is 2. The second-order valence-corrected chi connectivity index (χ2v) is 9.54. The predicted molar refractivity (Wildman–Crippen MR) is 131 cm³/mol. The fourth-order valence-corrected chi connectivity index (χ4v) is 4.42. The summed E-state index contributed by atoms with van der Waals surface area (Å²) >= 11 is 0. The SMILES string of the molecule is NC1CCN(Cc2ccccc2OC(F)(F)F)CC1.NC1CCN(Cc2ccccc2OC(F)(F)F)CC1. The maximum atomic E-state index is 12.3. The molecule has 38 heavy (non-hydrogen) atoms. The van der Waals surface area contributed by atoms with Crippen LogP contribution in [0, 0.1) is 0 Å². The zero-order chi connectivity index (χ0) is 27.8. The number of hydrogen-bond donors (Lipinski definition) is 2. The Balaban J connectivity index is 0.000000211. The highest BCUT2D eigenvalue weighted by molar-refractivity contribution is 5.34. The Kier molecular flexibility index (Phi) is 10.7. The maximum absolute atomic E-state index is 12.3. The van der Waals surface area contributed by atoms with Gasteiger partial charge in [-0.25, -0.2) is 0 Å². The Hall–Kier alpha value is -2.54. The van der Waals surface area contributed by atoms with E-state index in [0.29, 0.717) is 24.2 Å². The normalized spacial score (nSPS) is 18.5. The summed E-state index contributed by atoms with van der Waals surface area (Å²) in [5, 5.41) is 0. The highest BCUT2D eigenvalue weighted by atomic mass is 19.4. The monoisotopic (exact) mass is 548 g/mol. The van der Waals surface area contributed by atoms with Crippen molar-refractivity contribution in [3.8, 4) is 11.5 Å². The highest BCUT2D eigenvalue weighted by Gasteiger charge is 2.33. The van der Waals surface area contributed by atoms with Crippen LogP contribution >= 0.6 is 0 Å². The van der Waals surface area contributed by atoms with E-state index in [9.17, 15) is 26.3 Å². The van der Waals surface area contributed by atoms with Crippen molar-refractivity contribution in [2.75, 3.05) is 26.2 Å². The average molecular weight is 549 g/mol. The maximum Gasteiger partial charge on any atom is 0.573 e. The molecule has 12 heteroatoms. The number of piperidine rings is 2. The Morgan fingerprint density at radius 1 is 0.605 bits per heavy atom. The Labute approximate surface area is 218 Å². The van der Waals surface area contributed by atoms with Crippen molar-refractivity contribution in [1.82, 2.24) is 9.80 Å². The van der Waals surface area contributed by atoms with Crippen molar-refractivity contribution in [3.05, 3.63) is 59.7 Å². The topological polar surface area (TPSA) is 77.0 Å². The van der Waals surface area contributed by atoms with Gasteiger partial charge < -0.3 is 20.9 Å². The minimum Gasteiger partial charge on any atom is -0.405 e. The number of para-hydroxylation sites is 2. The summed E-state index contributed by atoms with van der Waals surface area (Å²) in [6.07, 6.45) is -5.80. The first kappa shape index (κ1) is 30.0. The predicted octanol–water partition coefficient (Wildman–Crippen LogP) is 5.02. The van der Waals surface area contributed by atoms with E-state index >= 15 is 0 Å². The number of ether oxygens (including phenoxy) is 2. The van der Waals surface area contributed by atoms with Gasteiger partial charge in [-0.15, -0.1) is 26.3 Å². The third-order valence-corrected chi connectivity index (χ3v) is 6.45. The first-order valence-electron chi connectivity index (χ1n) is 12.5. The van der Waals surface area contributed by atoms with Gasteiger partial charge in [0.1, 0.15) is 11.5 Å². The lowest BCUT2D eigenvalue weighted by molar-refractivity contribution is -0.276. The lowest BCUT2D eigenvalue weighted by Crippen LogP contribution is -2.39. The van der Waals surface area contributed by atoms with E-state index < -0.39 is 12.7 Å². The van der Waals surface area contributed by atoms with Crippen LogP contribution in [0.1, 0.15) is 36.8 Å². The van der Waals surface area contributed by atoms with Crippen LogP contribution in [0.15, 0.2) is 48.5 Å². The van der Waals surface area contributed by atoms with Crippen molar-refractivity contribution in [3.63, 3.8) is 0 Å². The van der Waals surface area contributed by atoms with Gasteiger partial charge in [0.25, 0.3) is 0 Å². The summed E-state index contributed by atoms with van der Waals surface area (Å²) in [6, 6.07) is 12.9. The largest absolute Gasteiger partial charge is 0.573 e. The molecule has 0 atom stereocenters. The van der Waals surface area contributed by atoms with E-state index in [2.05, 4.69) is 19.3 Å². The Morgan fingerprint density at radius 2 is 0.921 bits per heavy atom. The zero-order valence-electron chi connectivity index (χ0n) is 21.0. The second kappa shape index (κ2) is 13.5. The summed E-state index contributed by atoms with van der Waals surface area (Å²) in [6.45, 7) is 4.14. The number of hydrogen-bond acceptors (Lipinski definition) is 6. The van der Waals surface area contributed by atoms with E-state index in [1.54, 1.807) is 24.3 Å². The van der Waals surface area contributed by atoms with E-state index in [1.165, 1.54) is 24.3 Å².